The van der Waals surface area contributed by atoms with Crippen LogP contribution in [0, 0.1) is 18.3 Å². The SMILES string of the molecule is Cc1cc(Cn2ncc3c(-c4ccccc4C#N)nc(N)nc32)ccc1N. The fourth-order valence-corrected chi connectivity index (χ4v) is 3.09. The molecule has 132 valence electrons. The molecule has 7 nitrogen and oxygen atoms in total. The second-order valence-electron chi connectivity index (χ2n) is 6.32. The van der Waals surface area contributed by atoms with Crippen molar-refractivity contribution < 1.29 is 0 Å². The minimum atomic E-state index is 0.139. The van der Waals surface area contributed by atoms with Gasteiger partial charge in [0.2, 0.25) is 5.95 Å². The van der Waals surface area contributed by atoms with E-state index in [9.17, 15) is 5.26 Å². The first-order valence-electron chi connectivity index (χ1n) is 8.40. The molecule has 27 heavy (non-hydrogen) atoms. The van der Waals surface area contributed by atoms with Crippen LogP contribution in [0.5, 0.6) is 0 Å². The molecule has 0 saturated heterocycles. The van der Waals surface area contributed by atoms with Gasteiger partial charge in [0.25, 0.3) is 0 Å². The molecule has 0 aliphatic carbocycles. The first-order chi connectivity index (χ1) is 13.1. The Balaban J connectivity index is 1.85. The van der Waals surface area contributed by atoms with Crippen molar-refractivity contribution in [3.8, 4) is 17.3 Å². The summed E-state index contributed by atoms with van der Waals surface area (Å²) in [6.45, 7) is 2.50. The Bertz CT molecular complexity index is 1200. The quantitative estimate of drug-likeness (QED) is 0.545. The molecule has 0 bridgehead atoms. The van der Waals surface area contributed by atoms with Crippen LogP contribution in [0.15, 0.2) is 48.7 Å². The Morgan fingerprint density at radius 1 is 1.11 bits per heavy atom. The average Bonchev–Trinajstić information content (AvgIpc) is 3.06. The van der Waals surface area contributed by atoms with Crippen molar-refractivity contribution >= 4 is 22.7 Å². The van der Waals surface area contributed by atoms with Gasteiger partial charge in [-0.1, -0.05) is 30.3 Å². The summed E-state index contributed by atoms with van der Waals surface area (Å²) in [5.74, 6) is 0.139. The van der Waals surface area contributed by atoms with Gasteiger partial charge in [0, 0.05) is 11.3 Å². The van der Waals surface area contributed by atoms with Gasteiger partial charge in [0.1, 0.15) is 0 Å². The maximum absolute atomic E-state index is 9.41. The topological polar surface area (TPSA) is 119 Å². The van der Waals surface area contributed by atoms with Crippen molar-refractivity contribution in [2.75, 3.05) is 11.5 Å². The number of hydrogen-bond acceptors (Lipinski definition) is 6. The first kappa shape index (κ1) is 16.5. The predicted octanol–water partition coefficient (Wildman–Crippen LogP) is 2.89. The van der Waals surface area contributed by atoms with Crippen LogP contribution >= 0.6 is 0 Å². The van der Waals surface area contributed by atoms with Gasteiger partial charge in [-0.2, -0.15) is 15.3 Å². The fourth-order valence-electron chi connectivity index (χ4n) is 3.09. The normalized spacial score (nSPS) is 10.8. The van der Waals surface area contributed by atoms with Crippen LogP contribution in [-0.4, -0.2) is 19.7 Å². The molecule has 0 atom stereocenters. The standard InChI is InChI=1S/C20H17N7/c1-12-8-13(6-7-17(12)22)11-27-19-16(10-24-27)18(25-20(23)26-19)15-5-3-2-4-14(15)9-21/h2-8,10H,11,22H2,1H3,(H2,23,25,26). The monoisotopic (exact) mass is 355 g/mol. The van der Waals surface area contributed by atoms with Gasteiger partial charge < -0.3 is 11.5 Å². The number of nitriles is 1. The van der Waals surface area contributed by atoms with Crippen molar-refractivity contribution in [1.29, 1.82) is 5.26 Å². The number of hydrogen-bond donors (Lipinski definition) is 2. The smallest absolute Gasteiger partial charge is 0.222 e. The lowest BCUT2D eigenvalue weighted by Gasteiger charge is -2.08. The molecule has 2 aromatic carbocycles. The summed E-state index contributed by atoms with van der Waals surface area (Å²) < 4.78 is 1.77. The van der Waals surface area contributed by atoms with Crippen LogP contribution < -0.4 is 11.5 Å². The van der Waals surface area contributed by atoms with Gasteiger partial charge in [-0.25, -0.2) is 9.67 Å². The highest BCUT2D eigenvalue weighted by Crippen LogP contribution is 2.29. The number of benzene rings is 2. The Kier molecular flexibility index (Phi) is 3.94. The molecule has 4 N–H and O–H groups in total. The average molecular weight is 355 g/mol. The van der Waals surface area contributed by atoms with Crippen LogP contribution in [0.1, 0.15) is 16.7 Å². The zero-order valence-corrected chi connectivity index (χ0v) is 14.7. The van der Waals surface area contributed by atoms with Gasteiger partial charge in [-0.3, -0.25) is 0 Å². The molecular weight excluding hydrogens is 338 g/mol. The van der Waals surface area contributed by atoms with Gasteiger partial charge in [-0.05, 0) is 30.2 Å². The van der Waals surface area contributed by atoms with Crippen LogP contribution in [0.3, 0.4) is 0 Å². The molecule has 0 unspecified atom stereocenters. The minimum Gasteiger partial charge on any atom is -0.399 e. The number of aryl methyl sites for hydroxylation is 1. The van der Waals surface area contributed by atoms with Gasteiger partial charge >= 0.3 is 0 Å². The summed E-state index contributed by atoms with van der Waals surface area (Å²) >= 11 is 0. The number of aromatic nitrogens is 4. The molecule has 0 aliphatic rings. The summed E-state index contributed by atoms with van der Waals surface area (Å²) in [6.07, 6.45) is 1.71. The summed E-state index contributed by atoms with van der Waals surface area (Å²) in [6, 6.07) is 15.3. The van der Waals surface area contributed by atoms with Crippen LogP contribution in [0.25, 0.3) is 22.3 Å². The summed E-state index contributed by atoms with van der Waals surface area (Å²) in [5, 5.41) is 14.6. The highest BCUT2D eigenvalue weighted by Gasteiger charge is 2.16. The second-order valence-corrected chi connectivity index (χ2v) is 6.32. The number of nitrogen functional groups attached to an aromatic ring is 2. The van der Waals surface area contributed by atoms with Crippen LogP contribution in [0.2, 0.25) is 0 Å². The van der Waals surface area contributed by atoms with Crippen molar-refractivity contribution in [3.63, 3.8) is 0 Å². The summed E-state index contributed by atoms with van der Waals surface area (Å²) in [5.41, 5.74) is 17.2. The highest BCUT2D eigenvalue weighted by molar-refractivity contribution is 5.92. The molecular formula is C20H17N7. The first-order valence-corrected chi connectivity index (χ1v) is 8.40. The molecule has 4 aromatic rings. The maximum atomic E-state index is 9.41. The molecule has 0 amide bonds. The third-order valence-corrected chi connectivity index (χ3v) is 4.48. The van der Waals surface area contributed by atoms with E-state index in [0.717, 1.165) is 22.2 Å². The third kappa shape index (κ3) is 2.93. The third-order valence-electron chi connectivity index (χ3n) is 4.48. The van der Waals surface area contributed by atoms with Crippen molar-refractivity contribution in [2.24, 2.45) is 0 Å². The molecule has 0 radical (unpaired) electrons. The van der Waals surface area contributed by atoms with Crippen molar-refractivity contribution in [3.05, 3.63) is 65.4 Å². The van der Waals surface area contributed by atoms with Gasteiger partial charge in [0.05, 0.1) is 35.5 Å². The lowest BCUT2D eigenvalue weighted by Crippen LogP contribution is -2.06. The van der Waals surface area contributed by atoms with Crippen molar-refractivity contribution in [1.82, 2.24) is 19.7 Å². The van der Waals surface area contributed by atoms with Crippen LogP contribution in [0.4, 0.5) is 11.6 Å². The highest BCUT2D eigenvalue weighted by atomic mass is 15.3. The van der Waals surface area contributed by atoms with Gasteiger partial charge in [-0.15, -0.1) is 0 Å². The molecule has 0 aliphatic heterocycles. The number of anilines is 2. The van der Waals surface area contributed by atoms with E-state index in [2.05, 4.69) is 21.1 Å². The number of fused-ring (bicyclic) bond motifs is 1. The summed E-state index contributed by atoms with van der Waals surface area (Å²) in [7, 11) is 0. The lowest BCUT2D eigenvalue weighted by atomic mass is 10.0. The molecule has 7 heteroatoms. The van der Waals surface area contributed by atoms with E-state index in [0.29, 0.717) is 29.0 Å². The zero-order valence-electron chi connectivity index (χ0n) is 14.7. The van der Waals surface area contributed by atoms with E-state index in [1.807, 2.05) is 43.3 Å². The van der Waals surface area contributed by atoms with E-state index >= 15 is 0 Å². The largest absolute Gasteiger partial charge is 0.399 e. The predicted molar refractivity (Wildman–Crippen MR) is 105 cm³/mol. The molecule has 0 fully saturated rings. The van der Waals surface area contributed by atoms with E-state index < -0.39 is 0 Å². The molecule has 4 rings (SSSR count). The molecule has 0 saturated carbocycles. The van der Waals surface area contributed by atoms with E-state index in [1.54, 1.807) is 16.9 Å². The second kappa shape index (κ2) is 6.42. The Labute approximate surface area is 155 Å². The fraction of sp³-hybridized carbons (Fsp3) is 0.100. The van der Waals surface area contributed by atoms with Crippen molar-refractivity contribution in [2.45, 2.75) is 13.5 Å². The Morgan fingerprint density at radius 2 is 1.93 bits per heavy atom. The maximum Gasteiger partial charge on any atom is 0.222 e. The molecule has 2 aromatic heterocycles. The number of nitrogens with zero attached hydrogens (tertiary/aromatic N) is 5. The minimum absolute atomic E-state index is 0.139. The summed E-state index contributed by atoms with van der Waals surface area (Å²) in [4.78, 5) is 8.74. The van der Waals surface area contributed by atoms with E-state index in [4.69, 9.17) is 11.5 Å². The van der Waals surface area contributed by atoms with Gasteiger partial charge in [0.15, 0.2) is 5.65 Å². The van der Waals surface area contributed by atoms with E-state index in [-0.39, 0.29) is 5.95 Å². The van der Waals surface area contributed by atoms with Crippen LogP contribution in [-0.2, 0) is 6.54 Å². The zero-order chi connectivity index (χ0) is 19.0. The number of rotatable bonds is 3. The number of nitrogens with two attached hydrogens (primary N) is 2. The molecule has 0 spiro atoms. The Morgan fingerprint density at radius 3 is 2.70 bits per heavy atom. The molecule has 2 heterocycles. The lowest BCUT2D eigenvalue weighted by molar-refractivity contribution is 0.704. The van der Waals surface area contributed by atoms with E-state index in [1.165, 1.54) is 0 Å². The Hall–Kier alpha value is -3.92.